The van der Waals surface area contributed by atoms with Gasteiger partial charge in [0.2, 0.25) is 0 Å². The van der Waals surface area contributed by atoms with Crippen LogP contribution in [0.25, 0.3) is 0 Å². The Morgan fingerprint density at radius 3 is 2.39 bits per heavy atom. The van der Waals surface area contributed by atoms with Crippen LogP contribution >= 0.6 is 11.6 Å². The van der Waals surface area contributed by atoms with E-state index in [1.165, 1.54) is 18.4 Å². The van der Waals surface area contributed by atoms with E-state index >= 15 is 0 Å². The van der Waals surface area contributed by atoms with Crippen LogP contribution in [0.3, 0.4) is 0 Å². The van der Waals surface area contributed by atoms with Gasteiger partial charge in [0.1, 0.15) is 0 Å². The van der Waals surface area contributed by atoms with Crippen molar-refractivity contribution in [2.75, 3.05) is 13.1 Å². The number of nitrogens with two attached hydrogens (primary N) is 1. The molecule has 1 aliphatic carbocycles. The van der Waals surface area contributed by atoms with Gasteiger partial charge < -0.3 is 5.73 Å². The van der Waals surface area contributed by atoms with Crippen LogP contribution in [-0.4, -0.2) is 29.6 Å². The van der Waals surface area contributed by atoms with Crippen molar-refractivity contribution in [3.63, 3.8) is 0 Å². The van der Waals surface area contributed by atoms with Crippen molar-refractivity contribution in [1.29, 1.82) is 0 Å². The number of likely N-dealkylation sites (N-methyl/N-ethyl adjacent to an activating group) is 1. The van der Waals surface area contributed by atoms with E-state index in [2.05, 4.69) is 30.9 Å². The van der Waals surface area contributed by atoms with Crippen LogP contribution in [0.1, 0.15) is 32.3 Å². The molecular formula is C15H23ClN2. The Labute approximate surface area is 115 Å². The smallest absolute Gasteiger partial charge is 0.0406 e. The maximum absolute atomic E-state index is 6.06. The summed E-state index contributed by atoms with van der Waals surface area (Å²) in [5, 5.41) is 0.794. The molecule has 0 radical (unpaired) electrons. The minimum absolute atomic E-state index is 0.0593. The fourth-order valence-corrected chi connectivity index (χ4v) is 2.93. The van der Waals surface area contributed by atoms with Crippen LogP contribution < -0.4 is 5.73 Å². The maximum Gasteiger partial charge on any atom is 0.0406 e. The first-order valence-corrected chi connectivity index (χ1v) is 7.18. The summed E-state index contributed by atoms with van der Waals surface area (Å²) in [6.45, 7) is 6.28. The molecule has 1 aromatic carbocycles. The first-order valence-electron chi connectivity index (χ1n) is 6.80. The third kappa shape index (κ3) is 3.05. The summed E-state index contributed by atoms with van der Waals surface area (Å²) in [5.74, 6) is 0. The van der Waals surface area contributed by atoms with Crippen LogP contribution in [0.2, 0.25) is 5.02 Å². The van der Waals surface area contributed by atoms with Gasteiger partial charge in [0.15, 0.2) is 0 Å². The summed E-state index contributed by atoms with van der Waals surface area (Å²) in [6, 6.07) is 8.88. The van der Waals surface area contributed by atoms with E-state index in [9.17, 15) is 0 Å². The molecule has 1 atom stereocenters. The monoisotopic (exact) mass is 266 g/mol. The average molecular weight is 267 g/mol. The highest BCUT2D eigenvalue weighted by Gasteiger charge is 2.39. The third-order valence-corrected chi connectivity index (χ3v) is 4.21. The average Bonchev–Trinajstić information content (AvgIpc) is 3.17. The lowest BCUT2D eigenvalue weighted by Crippen LogP contribution is -2.54. The largest absolute Gasteiger partial charge is 0.329 e. The summed E-state index contributed by atoms with van der Waals surface area (Å²) in [7, 11) is 0. The van der Waals surface area contributed by atoms with E-state index < -0.39 is 0 Å². The van der Waals surface area contributed by atoms with Crippen LogP contribution in [0.4, 0.5) is 0 Å². The fraction of sp³-hybridized carbons (Fsp3) is 0.600. The number of nitrogens with zero attached hydrogens (tertiary/aromatic N) is 1. The molecule has 2 rings (SSSR count). The quantitative estimate of drug-likeness (QED) is 0.857. The SMILES string of the molecule is CCN(C1CC1)C(C)(CN)Cc1ccc(Cl)cc1. The van der Waals surface area contributed by atoms with Crippen molar-refractivity contribution in [3.8, 4) is 0 Å². The summed E-state index contributed by atoms with van der Waals surface area (Å²) in [4.78, 5) is 2.57. The summed E-state index contributed by atoms with van der Waals surface area (Å²) >= 11 is 5.93. The van der Waals surface area contributed by atoms with Crippen molar-refractivity contribution in [3.05, 3.63) is 34.9 Å². The van der Waals surface area contributed by atoms with Gasteiger partial charge in [0, 0.05) is 23.1 Å². The minimum Gasteiger partial charge on any atom is -0.329 e. The molecule has 3 heteroatoms. The molecule has 1 unspecified atom stereocenters. The van der Waals surface area contributed by atoms with Gasteiger partial charge in [-0.2, -0.15) is 0 Å². The van der Waals surface area contributed by atoms with Gasteiger partial charge in [-0.05, 0) is 50.4 Å². The maximum atomic E-state index is 6.06. The van der Waals surface area contributed by atoms with Gasteiger partial charge in [0.05, 0.1) is 0 Å². The summed E-state index contributed by atoms with van der Waals surface area (Å²) in [5.41, 5.74) is 7.43. The second kappa shape index (κ2) is 5.60. The molecule has 0 saturated heterocycles. The first kappa shape index (κ1) is 13.9. The molecule has 0 amide bonds. The molecule has 18 heavy (non-hydrogen) atoms. The molecule has 2 nitrogen and oxygen atoms in total. The minimum atomic E-state index is 0.0593. The molecule has 100 valence electrons. The predicted octanol–water partition coefficient (Wildman–Crippen LogP) is 3.08. The summed E-state index contributed by atoms with van der Waals surface area (Å²) < 4.78 is 0. The van der Waals surface area contributed by atoms with Crippen molar-refractivity contribution >= 4 is 11.6 Å². The lowest BCUT2D eigenvalue weighted by Gasteiger charge is -2.40. The molecule has 1 aromatic rings. The van der Waals surface area contributed by atoms with E-state index in [1.54, 1.807) is 0 Å². The molecule has 2 N–H and O–H groups in total. The molecule has 0 aliphatic heterocycles. The second-order valence-electron chi connectivity index (χ2n) is 5.52. The Morgan fingerprint density at radius 2 is 1.94 bits per heavy atom. The fourth-order valence-electron chi connectivity index (χ4n) is 2.80. The molecule has 1 aliphatic rings. The number of benzene rings is 1. The lowest BCUT2D eigenvalue weighted by atomic mass is 9.90. The highest BCUT2D eigenvalue weighted by atomic mass is 35.5. The number of halogens is 1. The van der Waals surface area contributed by atoms with Crippen molar-refractivity contribution in [1.82, 2.24) is 4.90 Å². The van der Waals surface area contributed by atoms with E-state index in [4.69, 9.17) is 17.3 Å². The Morgan fingerprint density at radius 1 is 1.33 bits per heavy atom. The molecule has 0 spiro atoms. The van der Waals surface area contributed by atoms with Gasteiger partial charge in [-0.1, -0.05) is 30.7 Å². The zero-order valence-corrected chi connectivity index (χ0v) is 12.1. The molecule has 0 aromatic heterocycles. The van der Waals surface area contributed by atoms with Gasteiger partial charge in [-0.3, -0.25) is 4.90 Å². The summed E-state index contributed by atoms with van der Waals surface area (Å²) in [6.07, 6.45) is 3.64. The molecular weight excluding hydrogens is 244 g/mol. The molecule has 1 fully saturated rings. The normalized spacial score (nSPS) is 18.9. The van der Waals surface area contributed by atoms with Gasteiger partial charge in [-0.25, -0.2) is 0 Å². The predicted molar refractivity (Wildman–Crippen MR) is 78.0 cm³/mol. The zero-order valence-electron chi connectivity index (χ0n) is 11.3. The molecule has 0 bridgehead atoms. The van der Waals surface area contributed by atoms with Crippen LogP contribution in [0, 0.1) is 0 Å². The van der Waals surface area contributed by atoms with Crippen molar-refractivity contribution < 1.29 is 0 Å². The second-order valence-corrected chi connectivity index (χ2v) is 5.96. The van der Waals surface area contributed by atoms with Crippen LogP contribution in [-0.2, 0) is 6.42 Å². The van der Waals surface area contributed by atoms with E-state index in [0.717, 1.165) is 24.0 Å². The van der Waals surface area contributed by atoms with Crippen molar-refractivity contribution in [2.24, 2.45) is 5.73 Å². The first-order chi connectivity index (χ1) is 8.59. The third-order valence-electron chi connectivity index (χ3n) is 3.96. The molecule has 0 heterocycles. The number of hydrogen-bond donors (Lipinski definition) is 1. The van der Waals surface area contributed by atoms with E-state index in [0.29, 0.717) is 6.54 Å². The zero-order chi connectivity index (χ0) is 13.2. The molecule has 1 saturated carbocycles. The van der Waals surface area contributed by atoms with Gasteiger partial charge in [0.25, 0.3) is 0 Å². The Balaban J connectivity index is 2.13. The highest BCUT2D eigenvalue weighted by Crippen LogP contribution is 2.34. The Kier molecular flexibility index (Phi) is 4.31. The number of rotatable bonds is 6. The van der Waals surface area contributed by atoms with Gasteiger partial charge in [-0.15, -0.1) is 0 Å². The van der Waals surface area contributed by atoms with Crippen LogP contribution in [0.5, 0.6) is 0 Å². The van der Waals surface area contributed by atoms with Crippen molar-refractivity contribution in [2.45, 2.75) is 44.7 Å². The number of hydrogen-bond acceptors (Lipinski definition) is 2. The standard InChI is InChI=1S/C15H23ClN2/c1-3-18(14-8-9-14)15(2,11-17)10-12-4-6-13(16)7-5-12/h4-7,14H,3,8-11,17H2,1-2H3. The van der Waals surface area contributed by atoms with E-state index in [1.807, 2.05) is 12.1 Å². The topological polar surface area (TPSA) is 29.3 Å². The van der Waals surface area contributed by atoms with Crippen LogP contribution in [0.15, 0.2) is 24.3 Å². The van der Waals surface area contributed by atoms with E-state index in [-0.39, 0.29) is 5.54 Å². The van der Waals surface area contributed by atoms with Gasteiger partial charge >= 0.3 is 0 Å². The lowest BCUT2D eigenvalue weighted by molar-refractivity contribution is 0.107. The highest BCUT2D eigenvalue weighted by molar-refractivity contribution is 6.30. The Hall–Kier alpha value is -0.570. The Bertz CT molecular complexity index is 386.